The highest BCUT2D eigenvalue weighted by atomic mass is 32.1. The number of carbonyl (C=O) groups is 1. The third-order valence-electron chi connectivity index (χ3n) is 3.78. The zero-order chi connectivity index (χ0) is 19.9. The number of carbonyl (C=O) groups excluding carboxylic acids is 1. The maximum absolute atomic E-state index is 12.3. The Morgan fingerprint density at radius 2 is 1.93 bits per heavy atom. The summed E-state index contributed by atoms with van der Waals surface area (Å²) in [6.07, 6.45) is 1.35. The maximum Gasteiger partial charge on any atom is 0.469 e. The van der Waals surface area contributed by atoms with Crippen LogP contribution in [-0.2, 0) is 15.5 Å². The molecule has 1 atom stereocenters. The number of hydrogen-bond donors (Lipinski definition) is 3. The number of nitrogens with two attached hydrogens (primary N) is 1. The van der Waals surface area contributed by atoms with Crippen molar-refractivity contribution in [3.63, 3.8) is 0 Å². The number of hydrogen-bond acceptors (Lipinski definition) is 6. The van der Waals surface area contributed by atoms with Crippen molar-refractivity contribution in [2.24, 2.45) is 5.73 Å². The van der Waals surface area contributed by atoms with Crippen molar-refractivity contribution < 1.29 is 28.4 Å². The summed E-state index contributed by atoms with van der Waals surface area (Å²) in [5.41, 5.74) is 5.14. The highest BCUT2D eigenvalue weighted by molar-refractivity contribution is 7.46. The first kappa shape index (κ1) is 21.8. The van der Waals surface area contributed by atoms with E-state index in [1.165, 1.54) is 11.3 Å². The second-order valence-corrected chi connectivity index (χ2v) is 8.93. The van der Waals surface area contributed by atoms with Gasteiger partial charge in [-0.2, -0.15) is 0 Å². The monoisotopic (exact) mass is 413 g/mol. The van der Waals surface area contributed by atoms with Gasteiger partial charge in [0.25, 0.3) is 0 Å². The van der Waals surface area contributed by atoms with Gasteiger partial charge in [-0.3, -0.25) is 9.32 Å². The zero-order valence-corrected chi connectivity index (χ0v) is 16.7. The van der Waals surface area contributed by atoms with Gasteiger partial charge in [-0.25, -0.2) is 4.57 Å². The van der Waals surface area contributed by atoms with Gasteiger partial charge in [0.1, 0.15) is 5.75 Å². The molecule has 0 radical (unpaired) electrons. The minimum atomic E-state index is -4.53. The molecule has 1 unspecified atom stereocenters. The highest BCUT2D eigenvalue weighted by Crippen LogP contribution is 2.37. The number of benzene rings is 1. The van der Waals surface area contributed by atoms with Crippen LogP contribution in [-0.4, -0.2) is 34.3 Å². The average Bonchev–Trinajstić information content (AvgIpc) is 3.08. The van der Waals surface area contributed by atoms with Crippen LogP contribution in [0.2, 0.25) is 0 Å². The van der Waals surface area contributed by atoms with Gasteiger partial charge in [0.05, 0.1) is 18.1 Å². The summed E-state index contributed by atoms with van der Waals surface area (Å²) in [6, 6.07) is 13.0. The second kappa shape index (κ2) is 9.59. The third-order valence-corrected chi connectivity index (χ3v) is 5.43. The van der Waals surface area contributed by atoms with Crippen LogP contribution in [0.5, 0.6) is 5.75 Å². The summed E-state index contributed by atoms with van der Waals surface area (Å²) in [7, 11) is -4.53. The van der Waals surface area contributed by atoms with Gasteiger partial charge in [-0.15, -0.1) is 11.3 Å². The van der Waals surface area contributed by atoms with E-state index in [4.69, 9.17) is 20.3 Å². The van der Waals surface area contributed by atoms with Crippen LogP contribution in [0.1, 0.15) is 34.3 Å². The predicted octanol–water partition coefficient (Wildman–Crippen LogP) is 3.16. The summed E-state index contributed by atoms with van der Waals surface area (Å²) in [5, 5.41) is 0. The Morgan fingerprint density at radius 1 is 1.22 bits per heavy atom. The highest BCUT2D eigenvalue weighted by Gasteiger charge is 2.24. The van der Waals surface area contributed by atoms with Crippen LogP contribution in [0.15, 0.2) is 42.5 Å². The molecule has 27 heavy (non-hydrogen) atoms. The smallest absolute Gasteiger partial charge is 0.469 e. The van der Waals surface area contributed by atoms with E-state index in [1.54, 1.807) is 13.0 Å². The lowest BCUT2D eigenvalue weighted by Crippen LogP contribution is -2.41. The fourth-order valence-corrected chi connectivity index (χ4v) is 3.71. The Morgan fingerprint density at radius 3 is 2.59 bits per heavy atom. The molecular weight excluding hydrogens is 389 g/mol. The van der Waals surface area contributed by atoms with E-state index < -0.39 is 13.4 Å². The first-order valence-corrected chi connectivity index (χ1v) is 10.8. The van der Waals surface area contributed by atoms with Crippen LogP contribution in [0.4, 0.5) is 0 Å². The minimum Gasteiger partial charge on any atom is -0.493 e. The molecule has 0 aliphatic rings. The van der Waals surface area contributed by atoms with Gasteiger partial charge in [-0.1, -0.05) is 18.2 Å². The van der Waals surface area contributed by atoms with Crippen molar-refractivity contribution in [2.45, 2.75) is 31.7 Å². The van der Waals surface area contributed by atoms with Crippen molar-refractivity contribution in [1.82, 2.24) is 0 Å². The fraction of sp³-hybridized carbons (Fsp3) is 0.389. The first-order valence-electron chi connectivity index (χ1n) is 8.43. The van der Waals surface area contributed by atoms with Crippen LogP contribution < -0.4 is 10.5 Å². The van der Waals surface area contributed by atoms with Gasteiger partial charge in [-0.05, 0) is 44.0 Å². The van der Waals surface area contributed by atoms with Crippen molar-refractivity contribution >= 4 is 24.9 Å². The molecular formula is C18H24NO6PS. The molecule has 9 heteroatoms. The average molecular weight is 413 g/mol. The summed E-state index contributed by atoms with van der Waals surface area (Å²) in [6.45, 7) is 1.74. The molecule has 0 saturated carbocycles. The maximum atomic E-state index is 12.3. The molecule has 2 rings (SSSR count). The van der Waals surface area contributed by atoms with Crippen LogP contribution in [0, 0.1) is 0 Å². The third kappa shape index (κ3) is 8.34. The van der Waals surface area contributed by atoms with E-state index >= 15 is 0 Å². The number of phosphoric ester groups is 1. The van der Waals surface area contributed by atoms with Crippen molar-refractivity contribution in [1.29, 1.82) is 0 Å². The van der Waals surface area contributed by atoms with E-state index in [9.17, 15) is 9.36 Å². The van der Waals surface area contributed by atoms with Gasteiger partial charge in [0.2, 0.25) is 0 Å². The number of Topliss-reactive ketones (excluding diaryl/α,β-unsaturated/α-hetero) is 1. The standard InChI is InChI=1S/C18H24NO6PS/c1-18(19,13-25-26(21,22)23)11-9-15-7-8-17(27-15)16(20)10-12-24-14-5-3-2-4-6-14/h2-8H,9-13,19H2,1H3,(H2,21,22,23). The van der Waals surface area contributed by atoms with Gasteiger partial charge in [0.15, 0.2) is 5.78 Å². The predicted molar refractivity (Wildman–Crippen MR) is 104 cm³/mol. The topological polar surface area (TPSA) is 119 Å². The lowest BCUT2D eigenvalue weighted by molar-refractivity contribution is 0.0966. The number of ketones is 1. The minimum absolute atomic E-state index is 0.0162. The Balaban J connectivity index is 1.78. The molecule has 1 aromatic carbocycles. The molecule has 1 aromatic heterocycles. The molecule has 2 aromatic rings. The van der Waals surface area contributed by atoms with Gasteiger partial charge in [0, 0.05) is 16.8 Å². The lowest BCUT2D eigenvalue weighted by atomic mass is 9.98. The van der Waals surface area contributed by atoms with Crippen molar-refractivity contribution in [3.8, 4) is 5.75 Å². The second-order valence-electron chi connectivity index (χ2n) is 6.52. The quantitative estimate of drug-likeness (QED) is 0.382. The molecule has 0 aliphatic heterocycles. The van der Waals surface area contributed by atoms with Crippen LogP contribution in [0.3, 0.4) is 0 Å². The molecule has 0 fully saturated rings. The van der Waals surface area contributed by atoms with Gasteiger partial charge < -0.3 is 20.3 Å². The van der Waals surface area contributed by atoms with Crippen molar-refractivity contribution in [2.75, 3.05) is 13.2 Å². The summed E-state index contributed by atoms with van der Waals surface area (Å²) >= 11 is 1.40. The van der Waals surface area contributed by atoms with E-state index in [-0.39, 0.29) is 12.4 Å². The number of ether oxygens (including phenoxy) is 1. The number of aryl methyl sites for hydroxylation is 1. The fourth-order valence-electron chi connectivity index (χ4n) is 2.28. The summed E-state index contributed by atoms with van der Waals surface area (Å²) < 4.78 is 20.8. The molecule has 4 N–H and O–H groups in total. The molecule has 0 spiro atoms. The number of phosphoric acid groups is 1. The number of para-hydroxylation sites is 1. The Bertz CT molecular complexity index is 786. The first-order chi connectivity index (χ1) is 12.6. The molecule has 0 saturated heterocycles. The van der Waals surface area contributed by atoms with Gasteiger partial charge >= 0.3 is 7.82 Å². The Kier molecular flexibility index (Phi) is 7.73. The number of thiophene rings is 1. The molecule has 0 amide bonds. The Labute approximate surface area is 162 Å². The van der Waals surface area contributed by atoms with E-state index in [0.29, 0.717) is 30.7 Å². The molecule has 148 valence electrons. The zero-order valence-electron chi connectivity index (χ0n) is 15.0. The van der Waals surface area contributed by atoms with Crippen molar-refractivity contribution in [3.05, 3.63) is 52.2 Å². The van der Waals surface area contributed by atoms with Crippen LogP contribution in [0.25, 0.3) is 0 Å². The molecule has 7 nitrogen and oxygen atoms in total. The van der Waals surface area contributed by atoms with E-state index in [0.717, 1.165) is 10.6 Å². The SMILES string of the molecule is CC(N)(CCc1ccc(C(=O)CCOc2ccccc2)s1)COP(=O)(O)O. The molecule has 1 heterocycles. The molecule has 0 aliphatic carbocycles. The summed E-state index contributed by atoms with van der Waals surface area (Å²) in [4.78, 5) is 31.4. The Hall–Kier alpha value is -1.54. The van der Waals surface area contributed by atoms with Crippen LogP contribution >= 0.6 is 19.2 Å². The molecule has 0 bridgehead atoms. The lowest BCUT2D eigenvalue weighted by Gasteiger charge is -2.24. The summed E-state index contributed by atoms with van der Waals surface area (Å²) in [5.74, 6) is 0.749. The largest absolute Gasteiger partial charge is 0.493 e. The normalized spacial score (nSPS) is 13.9. The van der Waals surface area contributed by atoms with E-state index in [2.05, 4.69) is 4.52 Å². The number of rotatable bonds is 11. The van der Waals surface area contributed by atoms with E-state index in [1.807, 2.05) is 36.4 Å².